The van der Waals surface area contributed by atoms with Gasteiger partial charge in [-0.05, 0) is 0 Å². The molecule has 1 heterocycles. The Hall–Kier alpha value is -1.56. The number of nitrogens with two attached hydrogens (primary N) is 2. The van der Waals surface area contributed by atoms with Crippen LogP contribution < -0.4 is 17.0 Å². The Morgan fingerprint density at radius 1 is 1.64 bits per heavy atom. The number of hydrogen-bond acceptors (Lipinski definition) is 4. The summed E-state index contributed by atoms with van der Waals surface area (Å²) < 4.78 is 1.19. The summed E-state index contributed by atoms with van der Waals surface area (Å²) in [7, 11) is 0. The van der Waals surface area contributed by atoms with Gasteiger partial charge in [0.25, 0.3) is 5.56 Å². The summed E-state index contributed by atoms with van der Waals surface area (Å²) >= 11 is 5.51. The largest absolute Gasteiger partial charge is 0.392 e. The molecule has 0 radical (unpaired) electrons. The van der Waals surface area contributed by atoms with Gasteiger partial charge >= 0.3 is 0 Å². The molecule has 14 heavy (non-hydrogen) atoms. The molecule has 0 aliphatic rings. The number of halogens is 1. The predicted molar refractivity (Wildman–Crippen MR) is 51.7 cm³/mol. The molecular weight excluding hydrogens is 208 g/mol. The van der Waals surface area contributed by atoms with Crippen molar-refractivity contribution in [3.05, 3.63) is 21.8 Å². The zero-order valence-corrected chi connectivity index (χ0v) is 7.99. The zero-order valence-electron chi connectivity index (χ0n) is 7.24. The number of aryl methyl sites for hydroxylation is 1. The van der Waals surface area contributed by atoms with Gasteiger partial charge in [0, 0.05) is 13.0 Å². The molecular formula is C7H9ClN4O2. The first-order valence-corrected chi connectivity index (χ1v) is 4.19. The van der Waals surface area contributed by atoms with Crippen LogP contribution in [0.4, 0.5) is 5.69 Å². The number of carbonyl (C=O) groups excluding carboxylic acids is 1. The number of nitrogen functional groups attached to an aromatic ring is 1. The standard InChI is InChI=1S/C7H9ClN4O2/c8-6-5(10)7(14)12(3-11-6)2-1-4(9)13/h3H,1-2,10H2,(H2,9,13). The third kappa shape index (κ3) is 2.23. The first-order valence-electron chi connectivity index (χ1n) is 3.81. The summed E-state index contributed by atoms with van der Waals surface area (Å²) in [4.78, 5) is 25.5. The molecule has 0 saturated heterocycles. The highest BCUT2D eigenvalue weighted by molar-refractivity contribution is 6.31. The van der Waals surface area contributed by atoms with Crippen LogP contribution in [-0.2, 0) is 11.3 Å². The minimum Gasteiger partial charge on any atom is -0.392 e. The van der Waals surface area contributed by atoms with Crippen LogP contribution in [0.2, 0.25) is 5.15 Å². The Kier molecular flexibility index (Phi) is 3.08. The molecule has 6 nitrogen and oxygen atoms in total. The van der Waals surface area contributed by atoms with Gasteiger partial charge in [-0.15, -0.1) is 0 Å². The Morgan fingerprint density at radius 3 is 2.86 bits per heavy atom. The third-order valence-electron chi connectivity index (χ3n) is 1.62. The van der Waals surface area contributed by atoms with E-state index in [2.05, 4.69) is 4.98 Å². The highest BCUT2D eigenvalue weighted by atomic mass is 35.5. The van der Waals surface area contributed by atoms with Crippen molar-refractivity contribution < 1.29 is 4.79 Å². The predicted octanol–water partition coefficient (Wildman–Crippen LogP) is -0.646. The van der Waals surface area contributed by atoms with E-state index in [1.807, 2.05) is 0 Å². The van der Waals surface area contributed by atoms with E-state index in [9.17, 15) is 9.59 Å². The summed E-state index contributed by atoms with van der Waals surface area (Å²) in [5, 5.41) is -0.0367. The summed E-state index contributed by atoms with van der Waals surface area (Å²) in [5.74, 6) is -0.495. The maximum atomic E-state index is 11.4. The highest BCUT2D eigenvalue weighted by Gasteiger charge is 2.06. The third-order valence-corrected chi connectivity index (χ3v) is 1.92. The van der Waals surface area contributed by atoms with E-state index >= 15 is 0 Å². The Labute approximate surface area is 84.5 Å². The molecule has 1 rings (SSSR count). The van der Waals surface area contributed by atoms with Crippen LogP contribution in [0.5, 0.6) is 0 Å². The second kappa shape index (κ2) is 4.10. The molecule has 0 fully saturated rings. The maximum absolute atomic E-state index is 11.4. The lowest BCUT2D eigenvalue weighted by molar-refractivity contribution is -0.118. The maximum Gasteiger partial charge on any atom is 0.278 e. The average Bonchev–Trinajstić information content (AvgIpc) is 2.13. The van der Waals surface area contributed by atoms with Crippen LogP contribution in [-0.4, -0.2) is 15.5 Å². The van der Waals surface area contributed by atoms with E-state index in [0.717, 1.165) is 0 Å². The lowest BCUT2D eigenvalue weighted by Crippen LogP contribution is -2.26. The van der Waals surface area contributed by atoms with Gasteiger partial charge in [-0.2, -0.15) is 0 Å². The van der Waals surface area contributed by atoms with Crippen LogP contribution >= 0.6 is 11.6 Å². The van der Waals surface area contributed by atoms with Crippen molar-refractivity contribution >= 4 is 23.2 Å². The van der Waals surface area contributed by atoms with E-state index in [1.54, 1.807) is 0 Å². The first-order chi connectivity index (χ1) is 6.52. The second-order valence-corrected chi connectivity index (χ2v) is 3.02. The van der Waals surface area contributed by atoms with Gasteiger partial charge in [0.1, 0.15) is 5.69 Å². The van der Waals surface area contributed by atoms with Gasteiger partial charge in [-0.1, -0.05) is 11.6 Å². The molecule has 0 aliphatic carbocycles. The molecule has 7 heteroatoms. The highest BCUT2D eigenvalue weighted by Crippen LogP contribution is 2.07. The minimum absolute atomic E-state index is 0.0367. The van der Waals surface area contributed by atoms with E-state index in [-0.39, 0.29) is 23.8 Å². The van der Waals surface area contributed by atoms with E-state index < -0.39 is 11.5 Å². The van der Waals surface area contributed by atoms with Gasteiger partial charge < -0.3 is 11.5 Å². The topological polar surface area (TPSA) is 104 Å². The Morgan fingerprint density at radius 2 is 2.29 bits per heavy atom. The molecule has 76 valence electrons. The second-order valence-electron chi connectivity index (χ2n) is 2.66. The average molecular weight is 217 g/mol. The number of carbonyl (C=O) groups is 1. The van der Waals surface area contributed by atoms with E-state index in [1.165, 1.54) is 10.9 Å². The molecule has 1 aromatic heterocycles. The van der Waals surface area contributed by atoms with Crippen molar-refractivity contribution in [1.82, 2.24) is 9.55 Å². The molecule has 1 aromatic rings. The number of nitrogens with zero attached hydrogens (tertiary/aromatic N) is 2. The lowest BCUT2D eigenvalue weighted by Gasteiger charge is -2.04. The van der Waals surface area contributed by atoms with Gasteiger partial charge in [0.15, 0.2) is 5.15 Å². The molecule has 0 aromatic carbocycles. The van der Waals surface area contributed by atoms with E-state index in [0.29, 0.717) is 0 Å². The number of amides is 1. The molecule has 0 aliphatic heterocycles. The van der Waals surface area contributed by atoms with Crippen molar-refractivity contribution in [2.75, 3.05) is 5.73 Å². The number of aromatic nitrogens is 2. The molecule has 0 atom stereocenters. The number of rotatable bonds is 3. The minimum atomic E-state index is -0.495. The monoisotopic (exact) mass is 216 g/mol. The molecule has 0 bridgehead atoms. The lowest BCUT2D eigenvalue weighted by atomic mass is 10.4. The van der Waals surface area contributed by atoms with Crippen molar-refractivity contribution in [3.63, 3.8) is 0 Å². The first kappa shape index (κ1) is 10.5. The summed E-state index contributed by atoms with van der Waals surface area (Å²) in [5.41, 5.74) is 9.68. The fourth-order valence-electron chi connectivity index (χ4n) is 0.875. The SMILES string of the molecule is NC(=O)CCn1cnc(Cl)c(N)c1=O. The van der Waals surface area contributed by atoms with Crippen molar-refractivity contribution in [2.45, 2.75) is 13.0 Å². The van der Waals surface area contributed by atoms with Crippen LogP contribution in [0.3, 0.4) is 0 Å². The molecule has 4 N–H and O–H groups in total. The molecule has 0 saturated carbocycles. The van der Waals surface area contributed by atoms with Crippen molar-refractivity contribution in [3.8, 4) is 0 Å². The van der Waals surface area contributed by atoms with Gasteiger partial charge in [-0.25, -0.2) is 4.98 Å². The quantitative estimate of drug-likeness (QED) is 0.656. The number of primary amides is 1. The zero-order chi connectivity index (χ0) is 10.7. The number of hydrogen-bond donors (Lipinski definition) is 2. The summed E-state index contributed by atoms with van der Waals surface area (Å²) in [6.45, 7) is 0.155. The smallest absolute Gasteiger partial charge is 0.278 e. The van der Waals surface area contributed by atoms with Crippen LogP contribution in [0.15, 0.2) is 11.1 Å². The normalized spacial score (nSPS) is 10.1. The van der Waals surface area contributed by atoms with Crippen LogP contribution in [0.25, 0.3) is 0 Å². The van der Waals surface area contributed by atoms with Gasteiger partial charge in [0.05, 0.1) is 6.33 Å². The Balaban J connectivity index is 2.95. The van der Waals surface area contributed by atoms with Crippen LogP contribution in [0, 0.1) is 0 Å². The fourth-order valence-corrected chi connectivity index (χ4v) is 1.000. The van der Waals surface area contributed by atoms with Gasteiger partial charge in [-0.3, -0.25) is 14.2 Å². The fraction of sp³-hybridized carbons (Fsp3) is 0.286. The molecule has 0 spiro atoms. The summed E-state index contributed by atoms with van der Waals surface area (Å²) in [6, 6.07) is 0. The molecule has 1 amide bonds. The Bertz CT molecular complexity index is 415. The van der Waals surface area contributed by atoms with Crippen molar-refractivity contribution in [2.24, 2.45) is 5.73 Å². The summed E-state index contributed by atoms with van der Waals surface area (Å²) in [6.07, 6.45) is 1.28. The van der Waals surface area contributed by atoms with Crippen molar-refractivity contribution in [1.29, 1.82) is 0 Å². The van der Waals surface area contributed by atoms with E-state index in [4.69, 9.17) is 23.1 Å². The van der Waals surface area contributed by atoms with Gasteiger partial charge in [0.2, 0.25) is 5.91 Å². The molecule has 0 unspecified atom stereocenters. The van der Waals surface area contributed by atoms with Crippen LogP contribution in [0.1, 0.15) is 6.42 Å². The number of anilines is 1.